The molecule has 2 rings (SSSR count). The Morgan fingerprint density at radius 1 is 1.45 bits per heavy atom. The van der Waals surface area contributed by atoms with Crippen molar-refractivity contribution in [3.8, 4) is 0 Å². The number of carbonyl (C=O) groups excluding carboxylic acids is 1. The minimum absolute atomic E-state index is 0.173. The standard InChI is InChI=1S/C15H22N4O2S/c1-4-10-11(5-2)18-19(3)14(10)17-15(21)16-9-12(20)13-7-6-8-22-13/h6-8,12,20H,4-5,9H2,1-3H3,(H2,16,17,21)/t12-/m1/s1. The number of aliphatic hydroxyl groups is 1. The minimum atomic E-state index is -0.686. The minimum Gasteiger partial charge on any atom is -0.386 e. The van der Waals surface area contributed by atoms with Crippen LogP contribution in [-0.2, 0) is 19.9 Å². The Bertz CT molecular complexity index is 622. The van der Waals surface area contributed by atoms with Crippen LogP contribution in [0.15, 0.2) is 17.5 Å². The van der Waals surface area contributed by atoms with Crippen LogP contribution in [0.1, 0.15) is 36.1 Å². The number of nitrogens with one attached hydrogen (secondary N) is 2. The van der Waals surface area contributed by atoms with Crippen LogP contribution >= 0.6 is 11.3 Å². The second kappa shape index (κ2) is 7.42. The van der Waals surface area contributed by atoms with Gasteiger partial charge in [0.05, 0.1) is 12.2 Å². The Labute approximate surface area is 134 Å². The second-order valence-corrected chi connectivity index (χ2v) is 5.95. The Balaban J connectivity index is 1.96. The third kappa shape index (κ3) is 3.66. The number of aromatic nitrogens is 2. The van der Waals surface area contributed by atoms with Gasteiger partial charge in [0.25, 0.3) is 0 Å². The van der Waals surface area contributed by atoms with E-state index in [0.717, 1.165) is 29.0 Å². The lowest BCUT2D eigenvalue weighted by atomic mass is 10.1. The van der Waals surface area contributed by atoms with Crippen LogP contribution in [0.5, 0.6) is 0 Å². The lowest BCUT2D eigenvalue weighted by Crippen LogP contribution is -2.33. The van der Waals surface area contributed by atoms with E-state index in [2.05, 4.69) is 15.7 Å². The summed E-state index contributed by atoms with van der Waals surface area (Å²) in [5, 5.41) is 21.8. The van der Waals surface area contributed by atoms with Crippen LogP contribution in [0.3, 0.4) is 0 Å². The number of rotatable bonds is 6. The van der Waals surface area contributed by atoms with E-state index in [1.165, 1.54) is 11.3 Å². The molecule has 22 heavy (non-hydrogen) atoms. The summed E-state index contributed by atoms with van der Waals surface area (Å²) < 4.78 is 1.69. The third-order valence-corrected chi connectivity index (χ3v) is 4.45. The summed E-state index contributed by atoms with van der Waals surface area (Å²) in [6, 6.07) is 3.38. The zero-order valence-electron chi connectivity index (χ0n) is 13.1. The van der Waals surface area contributed by atoms with Gasteiger partial charge in [-0.05, 0) is 24.3 Å². The van der Waals surface area contributed by atoms with Crippen molar-refractivity contribution in [1.82, 2.24) is 15.1 Å². The molecule has 0 radical (unpaired) electrons. The maximum Gasteiger partial charge on any atom is 0.320 e. The molecule has 0 saturated heterocycles. The normalized spacial score (nSPS) is 12.2. The number of aryl methyl sites for hydroxylation is 2. The number of urea groups is 1. The summed E-state index contributed by atoms with van der Waals surface area (Å²) in [5.41, 5.74) is 2.05. The van der Waals surface area contributed by atoms with E-state index < -0.39 is 6.10 Å². The van der Waals surface area contributed by atoms with Gasteiger partial charge in [0.1, 0.15) is 11.9 Å². The fourth-order valence-electron chi connectivity index (χ4n) is 2.36. The first-order valence-electron chi connectivity index (χ1n) is 7.37. The smallest absolute Gasteiger partial charge is 0.320 e. The van der Waals surface area contributed by atoms with Crippen molar-refractivity contribution >= 4 is 23.2 Å². The summed E-state index contributed by atoms with van der Waals surface area (Å²) in [7, 11) is 1.81. The lowest BCUT2D eigenvalue weighted by Gasteiger charge is -2.12. The molecule has 0 aliphatic heterocycles. The fraction of sp³-hybridized carbons (Fsp3) is 0.467. The molecule has 0 unspecified atom stereocenters. The van der Waals surface area contributed by atoms with E-state index in [1.54, 1.807) is 4.68 Å². The molecule has 0 spiro atoms. The lowest BCUT2D eigenvalue weighted by molar-refractivity contribution is 0.178. The van der Waals surface area contributed by atoms with Gasteiger partial charge in [-0.1, -0.05) is 19.9 Å². The molecule has 1 atom stereocenters. The van der Waals surface area contributed by atoms with E-state index >= 15 is 0 Å². The topological polar surface area (TPSA) is 79.2 Å². The van der Waals surface area contributed by atoms with Gasteiger partial charge in [-0.2, -0.15) is 5.10 Å². The van der Waals surface area contributed by atoms with Crippen molar-refractivity contribution in [1.29, 1.82) is 0 Å². The first-order valence-corrected chi connectivity index (χ1v) is 8.25. The Kier molecular flexibility index (Phi) is 5.57. The average Bonchev–Trinajstić information content (AvgIpc) is 3.13. The zero-order valence-corrected chi connectivity index (χ0v) is 13.9. The number of anilines is 1. The van der Waals surface area contributed by atoms with Crippen molar-refractivity contribution in [2.75, 3.05) is 11.9 Å². The van der Waals surface area contributed by atoms with Crippen LogP contribution in [0.25, 0.3) is 0 Å². The quantitative estimate of drug-likeness (QED) is 0.764. The van der Waals surface area contributed by atoms with Gasteiger partial charge in [0, 0.05) is 17.5 Å². The van der Waals surface area contributed by atoms with E-state index in [-0.39, 0.29) is 12.6 Å². The number of nitrogens with zero attached hydrogens (tertiary/aromatic N) is 2. The second-order valence-electron chi connectivity index (χ2n) is 4.97. The summed E-state index contributed by atoms with van der Waals surface area (Å²) >= 11 is 1.47. The Morgan fingerprint density at radius 3 is 2.82 bits per heavy atom. The van der Waals surface area contributed by atoms with Gasteiger partial charge in [-0.15, -0.1) is 11.3 Å². The summed E-state index contributed by atoms with van der Waals surface area (Å²) in [4.78, 5) is 12.9. The molecule has 2 aromatic heterocycles. The first-order chi connectivity index (χ1) is 10.6. The largest absolute Gasteiger partial charge is 0.386 e. The highest BCUT2D eigenvalue weighted by atomic mass is 32.1. The van der Waals surface area contributed by atoms with E-state index in [0.29, 0.717) is 5.82 Å². The maximum absolute atomic E-state index is 12.0. The molecule has 7 heteroatoms. The monoisotopic (exact) mass is 322 g/mol. The molecule has 6 nitrogen and oxygen atoms in total. The zero-order chi connectivity index (χ0) is 16.1. The van der Waals surface area contributed by atoms with Gasteiger partial charge < -0.3 is 10.4 Å². The number of thiophene rings is 1. The Morgan fingerprint density at radius 2 is 2.23 bits per heavy atom. The predicted molar refractivity (Wildman–Crippen MR) is 88.3 cm³/mol. The van der Waals surface area contributed by atoms with Crippen LogP contribution in [0.4, 0.5) is 10.6 Å². The number of hydrogen-bond acceptors (Lipinski definition) is 4. The molecule has 0 aromatic carbocycles. The SMILES string of the molecule is CCc1nn(C)c(NC(=O)NC[C@@H](O)c2cccs2)c1CC. The molecule has 0 saturated carbocycles. The molecule has 2 aromatic rings. The van der Waals surface area contributed by atoms with Crippen LogP contribution in [-0.4, -0.2) is 27.5 Å². The third-order valence-electron chi connectivity index (χ3n) is 3.48. The molecular weight excluding hydrogens is 300 g/mol. The van der Waals surface area contributed by atoms with Crippen molar-refractivity contribution in [2.45, 2.75) is 32.8 Å². The van der Waals surface area contributed by atoms with E-state index in [4.69, 9.17) is 0 Å². The summed E-state index contributed by atoms with van der Waals surface area (Å²) in [6.45, 7) is 4.26. The van der Waals surface area contributed by atoms with Gasteiger partial charge in [0.2, 0.25) is 0 Å². The summed E-state index contributed by atoms with van der Waals surface area (Å²) in [6.07, 6.45) is 0.955. The first kappa shape index (κ1) is 16.5. The van der Waals surface area contributed by atoms with Gasteiger partial charge in [-0.3, -0.25) is 10.00 Å². The van der Waals surface area contributed by atoms with Crippen molar-refractivity contribution in [2.24, 2.45) is 7.05 Å². The van der Waals surface area contributed by atoms with Crippen molar-refractivity contribution in [3.05, 3.63) is 33.6 Å². The van der Waals surface area contributed by atoms with Crippen molar-refractivity contribution < 1.29 is 9.90 Å². The summed E-state index contributed by atoms with van der Waals surface area (Å²) in [5.74, 6) is 0.711. The molecule has 120 valence electrons. The maximum atomic E-state index is 12.0. The highest BCUT2D eigenvalue weighted by molar-refractivity contribution is 7.10. The van der Waals surface area contributed by atoms with Crippen LogP contribution in [0.2, 0.25) is 0 Å². The molecule has 2 amide bonds. The molecule has 0 bridgehead atoms. The van der Waals surface area contributed by atoms with E-state index in [1.807, 2.05) is 38.4 Å². The number of carbonyl (C=O) groups is 1. The van der Waals surface area contributed by atoms with Crippen LogP contribution < -0.4 is 10.6 Å². The molecular formula is C15H22N4O2S. The fourth-order valence-corrected chi connectivity index (χ4v) is 3.07. The molecule has 0 fully saturated rings. The highest BCUT2D eigenvalue weighted by Crippen LogP contribution is 2.21. The van der Waals surface area contributed by atoms with Gasteiger partial charge in [-0.25, -0.2) is 4.79 Å². The Hall–Kier alpha value is -1.86. The predicted octanol–water partition coefficient (Wildman–Crippen LogP) is 2.46. The van der Waals surface area contributed by atoms with Gasteiger partial charge >= 0.3 is 6.03 Å². The number of amides is 2. The van der Waals surface area contributed by atoms with Gasteiger partial charge in [0.15, 0.2) is 0 Å². The molecule has 3 N–H and O–H groups in total. The van der Waals surface area contributed by atoms with Crippen LogP contribution in [0, 0.1) is 0 Å². The molecule has 0 aliphatic rings. The van der Waals surface area contributed by atoms with Crippen molar-refractivity contribution in [3.63, 3.8) is 0 Å². The molecule has 2 heterocycles. The molecule has 0 aliphatic carbocycles. The average molecular weight is 322 g/mol. The van der Waals surface area contributed by atoms with E-state index in [9.17, 15) is 9.90 Å². The number of aliphatic hydroxyl groups excluding tert-OH is 1. The number of hydrogen-bond donors (Lipinski definition) is 3. The highest BCUT2D eigenvalue weighted by Gasteiger charge is 2.16.